The fourth-order valence-electron chi connectivity index (χ4n) is 3.79. The van der Waals surface area contributed by atoms with Gasteiger partial charge in [0.1, 0.15) is 0 Å². The Hall–Kier alpha value is -0.820. The number of rotatable bonds is 3. The van der Waals surface area contributed by atoms with Crippen LogP contribution in [0.3, 0.4) is 0 Å². The van der Waals surface area contributed by atoms with Crippen molar-refractivity contribution in [2.24, 2.45) is 11.8 Å². The summed E-state index contributed by atoms with van der Waals surface area (Å²) in [6, 6.07) is 2.22. The fraction of sp³-hybridized carbons (Fsp3) is 0.667. The molecule has 1 N–H and O–H groups in total. The summed E-state index contributed by atoms with van der Waals surface area (Å²) in [5.41, 5.74) is 1.11. The predicted octanol–water partition coefficient (Wildman–Crippen LogP) is 3.49. The van der Waals surface area contributed by atoms with Crippen molar-refractivity contribution in [2.75, 3.05) is 19.7 Å². The van der Waals surface area contributed by atoms with Crippen molar-refractivity contribution < 1.29 is 5.11 Å². The Balaban J connectivity index is 1.54. The Bertz CT molecular complexity index is 513. The summed E-state index contributed by atoms with van der Waals surface area (Å²) in [4.78, 5) is 4.07. The smallest absolute Gasteiger partial charge is 0.0540 e. The lowest BCUT2D eigenvalue weighted by Gasteiger charge is -2.41. The Morgan fingerprint density at radius 3 is 2.95 bits per heavy atom. The Morgan fingerprint density at radius 2 is 2.10 bits per heavy atom. The van der Waals surface area contributed by atoms with E-state index in [4.69, 9.17) is 5.11 Å². The minimum Gasteiger partial charge on any atom is -0.395 e. The monoisotopic (exact) mass is 303 g/mol. The average Bonchev–Trinajstić information content (AvgIpc) is 2.95. The molecule has 1 aromatic heterocycles. The highest BCUT2D eigenvalue weighted by molar-refractivity contribution is 7.10. The number of piperidine rings is 1. The molecule has 1 saturated heterocycles. The molecule has 2 nitrogen and oxygen atoms in total. The van der Waals surface area contributed by atoms with Crippen molar-refractivity contribution in [1.29, 1.82) is 0 Å². The van der Waals surface area contributed by atoms with Gasteiger partial charge in [0, 0.05) is 35.3 Å². The number of hydrogen-bond donors (Lipinski definition) is 1. The summed E-state index contributed by atoms with van der Waals surface area (Å²) in [6.07, 6.45) is 7.80. The van der Waals surface area contributed by atoms with Crippen LogP contribution in [0.5, 0.6) is 0 Å². The predicted molar refractivity (Wildman–Crippen MR) is 88.2 cm³/mol. The minimum atomic E-state index is 0.153. The third kappa shape index (κ3) is 4.10. The molecule has 0 bridgehead atoms. The van der Waals surface area contributed by atoms with Crippen molar-refractivity contribution in [3.8, 4) is 11.8 Å². The molecule has 1 aromatic rings. The number of aliphatic hydroxyl groups excluding tert-OH is 1. The average molecular weight is 303 g/mol. The lowest BCUT2D eigenvalue weighted by molar-refractivity contribution is 0.0827. The minimum absolute atomic E-state index is 0.153. The lowest BCUT2D eigenvalue weighted by Crippen LogP contribution is -2.41. The van der Waals surface area contributed by atoms with Crippen LogP contribution in [0.25, 0.3) is 0 Å². The van der Waals surface area contributed by atoms with Crippen LogP contribution in [0.1, 0.15) is 49.0 Å². The molecular weight excluding hydrogens is 278 g/mol. The zero-order valence-electron chi connectivity index (χ0n) is 12.7. The molecular formula is C18H25NOS. The van der Waals surface area contributed by atoms with Gasteiger partial charge in [-0.25, -0.2) is 0 Å². The molecule has 1 aliphatic heterocycles. The Labute approximate surface area is 132 Å². The maximum Gasteiger partial charge on any atom is 0.0540 e. The van der Waals surface area contributed by atoms with Crippen LogP contribution in [-0.2, 0) is 6.54 Å². The third-order valence-corrected chi connectivity index (χ3v) is 5.80. The molecule has 21 heavy (non-hydrogen) atoms. The quantitative estimate of drug-likeness (QED) is 0.864. The number of likely N-dealkylation sites (tertiary alicyclic amines) is 1. The second-order valence-electron chi connectivity index (χ2n) is 6.41. The summed E-state index contributed by atoms with van der Waals surface area (Å²) in [5, 5.41) is 10.9. The van der Waals surface area contributed by atoms with Gasteiger partial charge in [0.15, 0.2) is 0 Å². The van der Waals surface area contributed by atoms with Crippen molar-refractivity contribution in [3.63, 3.8) is 0 Å². The van der Waals surface area contributed by atoms with Crippen LogP contribution >= 0.6 is 11.3 Å². The second-order valence-corrected chi connectivity index (χ2v) is 7.40. The molecule has 3 heteroatoms. The number of hydrogen-bond acceptors (Lipinski definition) is 3. The van der Waals surface area contributed by atoms with Crippen molar-refractivity contribution in [1.82, 2.24) is 4.90 Å². The van der Waals surface area contributed by atoms with Crippen LogP contribution in [0.4, 0.5) is 0 Å². The van der Waals surface area contributed by atoms with Gasteiger partial charge >= 0.3 is 0 Å². The number of aliphatic hydroxyl groups is 1. The number of thiophene rings is 1. The summed E-state index contributed by atoms with van der Waals surface area (Å²) in [7, 11) is 0. The highest BCUT2D eigenvalue weighted by Crippen LogP contribution is 2.36. The summed E-state index contributed by atoms with van der Waals surface area (Å²) < 4.78 is 0. The Kier molecular flexibility index (Phi) is 5.35. The van der Waals surface area contributed by atoms with Crippen molar-refractivity contribution >= 4 is 11.3 Å². The van der Waals surface area contributed by atoms with E-state index >= 15 is 0 Å². The van der Waals surface area contributed by atoms with E-state index in [0.717, 1.165) is 23.9 Å². The molecule has 114 valence electrons. The van der Waals surface area contributed by atoms with E-state index in [1.165, 1.54) is 50.1 Å². The SMILES string of the molecule is OCCC#Cc1csc(CN2CCC3CCCCC3C2)c1. The first-order valence-electron chi connectivity index (χ1n) is 8.24. The zero-order valence-corrected chi connectivity index (χ0v) is 13.5. The molecule has 1 saturated carbocycles. The van der Waals surface area contributed by atoms with Gasteiger partial charge in [-0.05, 0) is 37.3 Å². The molecule has 1 aliphatic carbocycles. The zero-order chi connectivity index (χ0) is 14.5. The van der Waals surface area contributed by atoms with Crippen LogP contribution in [0.2, 0.25) is 0 Å². The van der Waals surface area contributed by atoms with Gasteiger partial charge in [0.2, 0.25) is 0 Å². The van der Waals surface area contributed by atoms with Gasteiger partial charge < -0.3 is 5.11 Å². The maximum absolute atomic E-state index is 8.75. The summed E-state index contributed by atoms with van der Waals surface area (Å²) in [6.45, 7) is 3.81. The molecule has 2 aliphatic rings. The van der Waals surface area contributed by atoms with Crippen LogP contribution in [0, 0.1) is 23.7 Å². The molecule has 3 rings (SSSR count). The first-order valence-corrected chi connectivity index (χ1v) is 9.12. The van der Waals surface area contributed by atoms with Gasteiger partial charge in [0.05, 0.1) is 6.61 Å². The summed E-state index contributed by atoms with van der Waals surface area (Å²) >= 11 is 1.82. The molecule has 0 aromatic carbocycles. The first-order chi connectivity index (χ1) is 10.3. The topological polar surface area (TPSA) is 23.5 Å². The second kappa shape index (κ2) is 7.45. The maximum atomic E-state index is 8.75. The van der Waals surface area contributed by atoms with Gasteiger partial charge in [-0.1, -0.05) is 31.1 Å². The normalized spacial score (nSPS) is 26.0. The fourth-order valence-corrected chi connectivity index (χ4v) is 4.65. The van der Waals surface area contributed by atoms with Crippen LogP contribution in [0.15, 0.2) is 11.4 Å². The molecule has 0 amide bonds. The molecule has 2 atom stereocenters. The standard InChI is InChI=1S/C18H25NOS/c20-10-4-3-5-15-11-18(21-14-15)13-19-9-8-16-6-1-2-7-17(16)12-19/h11,14,16-17,20H,1-2,4,6-10,12-13H2. The van der Waals surface area contributed by atoms with E-state index in [9.17, 15) is 0 Å². The third-order valence-electron chi connectivity index (χ3n) is 4.88. The van der Waals surface area contributed by atoms with Crippen LogP contribution < -0.4 is 0 Å². The van der Waals surface area contributed by atoms with E-state index in [-0.39, 0.29) is 6.61 Å². The van der Waals surface area contributed by atoms with E-state index < -0.39 is 0 Å². The van der Waals surface area contributed by atoms with E-state index in [0.29, 0.717) is 6.42 Å². The highest BCUT2D eigenvalue weighted by Gasteiger charge is 2.30. The lowest BCUT2D eigenvalue weighted by atomic mass is 9.75. The van der Waals surface area contributed by atoms with Crippen molar-refractivity contribution in [3.05, 3.63) is 21.9 Å². The highest BCUT2D eigenvalue weighted by atomic mass is 32.1. The molecule has 0 spiro atoms. The van der Waals surface area contributed by atoms with E-state index in [2.05, 4.69) is 28.2 Å². The number of nitrogens with zero attached hydrogens (tertiary/aromatic N) is 1. The molecule has 2 heterocycles. The van der Waals surface area contributed by atoms with Gasteiger partial charge in [-0.3, -0.25) is 4.90 Å². The molecule has 0 radical (unpaired) electrons. The largest absolute Gasteiger partial charge is 0.395 e. The molecule has 2 unspecified atom stereocenters. The van der Waals surface area contributed by atoms with Gasteiger partial charge in [0.25, 0.3) is 0 Å². The Morgan fingerprint density at radius 1 is 1.24 bits per heavy atom. The van der Waals surface area contributed by atoms with Gasteiger partial charge in [-0.2, -0.15) is 0 Å². The number of fused-ring (bicyclic) bond motifs is 1. The van der Waals surface area contributed by atoms with Crippen molar-refractivity contribution in [2.45, 2.75) is 45.1 Å². The first kappa shape index (κ1) is 15.1. The van der Waals surface area contributed by atoms with E-state index in [1.54, 1.807) is 0 Å². The molecule has 2 fully saturated rings. The van der Waals surface area contributed by atoms with Gasteiger partial charge in [-0.15, -0.1) is 11.3 Å². The van der Waals surface area contributed by atoms with E-state index in [1.807, 2.05) is 11.3 Å². The van der Waals surface area contributed by atoms with Crippen LogP contribution in [-0.4, -0.2) is 29.7 Å². The summed E-state index contributed by atoms with van der Waals surface area (Å²) in [5.74, 6) is 8.10.